The molecule has 0 saturated heterocycles. The van der Waals surface area contributed by atoms with Crippen LogP contribution in [0.4, 0.5) is 0 Å². The van der Waals surface area contributed by atoms with Crippen molar-refractivity contribution in [3.8, 4) is 28.1 Å². The van der Waals surface area contributed by atoms with Crippen molar-refractivity contribution in [1.82, 2.24) is 19.6 Å². The Morgan fingerprint density at radius 3 is 2.56 bits per heavy atom. The molecule has 0 aliphatic heterocycles. The van der Waals surface area contributed by atoms with Gasteiger partial charge in [-0.15, -0.1) is 0 Å². The van der Waals surface area contributed by atoms with Crippen molar-refractivity contribution in [2.75, 3.05) is 21.2 Å². The summed E-state index contributed by atoms with van der Waals surface area (Å²) in [6.45, 7) is 0.334. The van der Waals surface area contributed by atoms with Crippen LogP contribution in [0.25, 0.3) is 22.4 Å². The first kappa shape index (κ1) is 23.5. The zero-order chi connectivity index (χ0) is 23.9. The minimum Gasteiger partial charge on any atom is -0.496 e. The summed E-state index contributed by atoms with van der Waals surface area (Å²) in [5, 5.41) is 2.98. The van der Waals surface area contributed by atoms with Crippen molar-refractivity contribution >= 4 is 17.9 Å². The average molecular weight is 471 g/mol. The highest BCUT2D eigenvalue weighted by Gasteiger charge is 2.11. The number of methoxy groups -OCH3 is 1. The Morgan fingerprint density at radius 1 is 0.941 bits per heavy atom. The Hall–Kier alpha value is -3.68. The van der Waals surface area contributed by atoms with E-state index in [1.807, 2.05) is 85.1 Å². The van der Waals surface area contributed by atoms with Crippen molar-refractivity contribution in [1.29, 1.82) is 0 Å². The van der Waals surface area contributed by atoms with Crippen molar-refractivity contribution in [3.63, 3.8) is 0 Å². The lowest BCUT2D eigenvalue weighted by Gasteiger charge is -2.12. The maximum absolute atomic E-state index is 12.7. The van der Waals surface area contributed by atoms with Gasteiger partial charge in [0.05, 0.1) is 25.0 Å². The van der Waals surface area contributed by atoms with Gasteiger partial charge in [0.2, 0.25) is 0 Å². The van der Waals surface area contributed by atoms with Crippen LogP contribution in [0.3, 0.4) is 0 Å². The molecule has 1 amide bonds. The van der Waals surface area contributed by atoms with E-state index in [0.717, 1.165) is 38.7 Å². The normalized spacial score (nSPS) is 10.8. The molecule has 0 radical (unpaired) electrons. The Morgan fingerprint density at radius 2 is 1.79 bits per heavy atom. The van der Waals surface area contributed by atoms with Crippen LogP contribution in [-0.2, 0) is 6.54 Å². The molecule has 4 rings (SSSR count). The van der Waals surface area contributed by atoms with Crippen LogP contribution >= 0.6 is 11.9 Å². The lowest BCUT2D eigenvalue weighted by atomic mass is 10.0. The van der Waals surface area contributed by atoms with Gasteiger partial charge in [0.1, 0.15) is 5.75 Å². The predicted octanol–water partition coefficient (Wildman–Crippen LogP) is 5.32. The van der Waals surface area contributed by atoms with Crippen LogP contribution < -0.4 is 10.1 Å². The molecule has 0 bridgehead atoms. The second-order valence-corrected chi connectivity index (χ2v) is 9.16. The highest BCUT2D eigenvalue weighted by Crippen LogP contribution is 2.33. The zero-order valence-corrected chi connectivity index (χ0v) is 20.2. The Balaban J connectivity index is 1.51. The van der Waals surface area contributed by atoms with Crippen LogP contribution in [-0.4, -0.2) is 41.4 Å². The third-order valence-electron chi connectivity index (χ3n) is 5.10. The molecule has 0 spiro atoms. The van der Waals surface area contributed by atoms with E-state index in [1.165, 1.54) is 0 Å². The molecular formula is C27H26N4O2S. The minimum absolute atomic E-state index is 0.129. The molecule has 2 heterocycles. The molecule has 0 aliphatic carbocycles. The second kappa shape index (κ2) is 11.0. The van der Waals surface area contributed by atoms with Gasteiger partial charge in [-0.25, -0.2) is 0 Å². The van der Waals surface area contributed by atoms with Crippen LogP contribution in [0.15, 0.2) is 90.1 Å². The van der Waals surface area contributed by atoms with Crippen molar-refractivity contribution in [2.24, 2.45) is 0 Å². The SMILES string of the molecule is COc1ccc(-c2ccnc(CNC(=O)c3cccc(SN(C)C)c3)c2)cc1-c1ccccn1. The van der Waals surface area contributed by atoms with Gasteiger partial charge in [-0.1, -0.05) is 18.2 Å². The maximum atomic E-state index is 12.7. The number of nitrogens with zero attached hydrogens (tertiary/aromatic N) is 3. The monoisotopic (exact) mass is 470 g/mol. The molecular weight excluding hydrogens is 444 g/mol. The number of carbonyl (C=O) groups excluding carboxylic acids is 1. The number of ether oxygens (including phenoxy) is 1. The lowest BCUT2D eigenvalue weighted by molar-refractivity contribution is 0.0950. The highest BCUT2D eigenvalue weighted by molar-refractivity contribution is 7.97. The first-order valence-corrected chi connectivity index (χ1v) is 11.6. The molecule has 0 aliphatic rings. The second-order valence-electron chi connectivity index (χ2n) is 7.78. The number of pyridine rings is 2. The summed E-state index contributed by atoms with van der Waals surface area (Å²) in [4.78, 5) is 22.6. The zero-order valence-electron chi connectivity index (χ0n) is 19.4. The highest BCUT2D eigenvalue weighted by atomic mass is 32.2. The molecule has 7 heteroatoms. The van der Waals surface area contributed by atoms with Crippen molar-refractivity contribution in [2.45, 2.75) is 11.4 Å². The van der Waals surface area contributed by atoms with E-state index in [9.17, 15) is 4.79 Å². The molecule has 4 aromatic rings. The average Bonchev–Trinajstić information content (AvgIpc) is 2.87. The van der Waals surface area contributed by atoms with Gasteiger partial charge in [0.25, 0.3) is 5.91 Å². The van der Waals surface area contributed by atoms with E-state index < -0.39 is 0 Å². The number of hydrogen-bond donors (Lipinski definition) is 1. The predicted molar refractivity (Wildman–Crippen MR) is 137 cm³/mol. The van der Waals surface area contributed by atoms with E-state index in [-0.39, 0.29) is 5.91 Å². The lowest BCUT2D eigenvalue weighted by Crippen LogP contribution is -2.23. The Labute approximate surface area is 204 Å². The van der Waals surface area contributed by atoms with Crippen LogP contribution in [0, 0.1) is 0 Å². The number of carbonyl (C=O) groups is 1. The molecule has 172 valence electrons. The number of hydrogen-bond acceptors (Lipinski definition) is 6. The smallest absolute Gasteiger partial charge is 0.251 e. The van der Waals surface area contributed by atoms with E-state index >= 15 is 0 Å². The van der Waals surface area contributed by atoms with Gasteiger partial charge >= 0.3 is 0 Å². The van der Waals surface area contributed by atoms with E-state index in [2.05, 4.69) is 21.4 Å². The Bertz CT molecular complexity index is 1280. The molecule has 0 atom stereocenters. The fourth-order valence-electron chi connectivity index (χ4n) is 3.54. The summed E-state index contributed by atoms with van der Waals surface area (Å²) in [6, 6.07) is 23.3. The van der Waals surface area contributed by atoms with Crippen molar-refractivity contribution in [3.05, 3.63) is 96.4 Å². The molecule has 0 saturated carbocycles. The first-order chi connectivity index (χ1) is 16.5. The van der Waals surface area contributed by atoms with Gasteiger partial charge < -0.3 is 10.1 Å². The van der Waals surface area contributed by atoms with Gasteiger partial charge in [-0.05, 0) is 91.8 Å². The van der Waals surface area contributed by atoms with E-state index in [1.54, 1.807) is 31.5 Å². The maximum Gasteiger partial charge on any atom is 0.251 e. The minimum atomic E-state index is -0.129. The quantitative estimate of drug-likeness (QED) is 0.352. The van der Waals surface area contributed by atoms with E-state index in [4.69, 9.17) is 4.74 Å². The summed E-state index contributed by atoms with van der Waals surface area (Å²) >= 11 is 1.57. The van der Waals surface area contributed by atoms with Crippen molar-refractivity contribution < 1.29 is 9.53 Å². The topological polar surface area (TPSA) is 67.3 Å². The number of benzene rings is 2. The summed E-state index contributed by atoms with van der Waals surface area (Å²) in [6.07, 6.45) is 3.53. The molecule has 6 nitrogen and oxygen atoms in total. The number of aromatic nitrogens is 2. The van der Waals surface area contributed by atoms with Crippen LogP contribution in [0.5, 0.6) is 5.75 Å². The standard InChI is InChI=1S/C27H26N4O2S/c1-31(2)34-23-8-6-7-21(16-23)27(32)30-18-22-15-20(12-14-28-22)19-10-11-26(33-3)24(17-19)25-9-4-5-13-29-25/h4-17H,18H2,1-3H3,(H,30,32). The number of rotatable bonds is 8. The number of amides is 1. The first-order valence-electron chi connectivity index (χ1n) is 10.8. The third kappa shape index (κ3) is 5.81. The van der Waals surface area contributed by atoms with Gasteiger partial charge in [0.15, 0.2) is 0 Å². The number of nitrogens with one attached hydrogen (secondary N) is 1. The molecule has 0 unspecified atom stereocenters. The molecule has 2 aromatic carbocycles. The van der Waals surface area contributed by atoms with Gasteiger partial charge in [-0.2, -0.15) is 0 Å². The van der Waals surface area contributed by atoms with Crippen LogP contribution in [0.2, 0.25) is 0 Å². The fraction of sp³-hybridized carbons (Fsp3) is 0.148. The molecule has 0 fully saturated rings. The summed E-state index contributed by atoms with van der Waals surface area (Å²) < 4.78 is 7.54. The van der Waals surface area contributed by atoms with Gasteiger partial charge in [-0.3, -0.25) is 19.1 Å². The fourth-order valence-corrected chi connectivity index (χ4v) is 4.28. The molecule has 34 heavy (non-hydrogen) atoms. The van der Waals surface area contributed by atoms with Gasteiger partial charge in [0, 0.05) is 28.4 Å². The summed E-state index contributed by atoms with van der Waals surface area (Å²) in [5.41, 5.74) is 5.19. The third-order valence-corrected chi connectivity index (χ3v) is 5.93. The van der Waals surface area contributed by atoms with E-state index in [0.29, 0.717) is 12.1 Å². The summed E-state index contributed by atoms with van der Waals surface area (Å²) in [5.74, 6) is 0.633. The van der Waals surface area contributed by atoms with Crippen LogP contribution in [0.1, 0.15) is 16.1 Å². The molecule has 2 aromatic heterocycles. The Kier molecular flexibility index (Phi) is 7.57. The summed E-state index contributed by atoms with van der Waals surface area (Å²) in [7, 11) is 5.60. The largest absolute Gasteiger partial charge is 0.496 e. The molecule has 1 N–H and O–H groups in total.